The zero-order valence-electron chi connectivity index (χ0n) is 13.7. The van der Waals surface area contributed by atoms with Crippen LogP contribution in [0.3, 0.4) is 0 Å². The van der Waals surface area contributed by atoms with Gasteiger partial charge in [0.15, 0.2) is 6.61 Å². The number of fused-ring (bicyclic) bond motifs is 1. The fourth-order valence-corrected chi connectivity index (χ4v) is 2.67. The number of carbonyl (C=O) groups is 2. The summed E-state index contributed by atoms with van der Waals surface area (Å²) in [4.78, 5) is 35.8. The molecule has 27 heavy (non-hydrogen) atoms. The highest BCUT2D eigenvalue weighted by molar-refractivity contribution is 6.00. The van der Waals surface area contributed by atoms with Crippen LogP contribution in [0, 0.1) is 5.82 Å². The molecule has 142 valence electrons. The minimum Gasteiger partial charge on any atom is -0.481 e. The first kappa shape index (κ1) is 18.5. The molecule has 7 nitrogen and oxygen atoms in total. The summed E-state index contributed by atoms with van der Waals surface area (Å²) in [7, 11) is 0.966. The summed E-state index contributed by atoms with van der Waals surface area (Å²) < 4.78 is 58.6. The first-order valence-electron chi connectivity index (χ1n) is 7.49. The summed E-state index contributed by atoms with van der Waals surface area (Å²) in [5, 5.41) is 3.54. The SMILES string of the molecule is Cn1nc(-c2cc3c(cc2F)OCC(=O)N3CC=O)c(=O)cc1C(F)(F)F. The van der Waals surface area contributed by atoms with Crippen LogP contribution < -0.4 is 15.1 Å². The second-order valence-electron chi connectivity index (χ2n) is 5.62. The number of ether oxygens (including phenoxy) is 1. The number of rotatable bonds is 3. The molecule has 2 heterocycles. The van der Waals surface area contributed by atoms with Crippen molar-refractivity contribution in [3.63, 3.8) is 0 Å². The summed E-state index contributed by atoms with van der Waals surface area (Å²) in [5.41, 5.74) is -3.43. The van der Waals surface area contributed by atoms with E-state index >= 15 is 0 Å². The summed E-state index contributed by atoms with van der Waals surface area (Å²) in [6.07, 6.45) is -4.36. The van der Waals surface area contributed by atoms with E-state index in [1.165, 1.54) is 0 Å². The van der Waals surface area contributed by atoms with Gasteiger partial charge in [-0.25, -0.2) is 4.39 Å². The Bertz CT molecular complexity index is 1000. The van der Waals surface area contributed by atoms with Gasteiger partial charge >= 0.3 is 6.18 Å². The van der Waals surface area contributed by atoms with Crippen LogP contribution in [0.5, 0.6) is 5.75 Å². The average Bonchev–Trinajstić information content (AvgIpc) is 2.58. The van der Waals surface area contributed by atoms with E-state index in [0.29, 0.717) is 17.0 Å². The number of aldehydes is 1. The molecular formula is C16H11F4N3O4. The largest absolute Gasteiger partial charge is 0.481 e. The number of nitrogens with zero attached hydrogens (tertiary/aromatic N) is 3. The predicted molar refractivity (Wildman–Crippen MR) is 83.8 cm³/mol. The molecule has 1 amide bonds. The molecule has 1 aliphatic heterocycles. The van der Waals surface area contributed by atoms with Crippen LogP contribution in [-0.2, 0) is 22.8 Å². The van der Waals surface area contributed by atoms with Crippen molar-refractivity contribution >= 4 is 17.9 Å². The molecule has 0 saturated heterocycles. The van der Waals surface area contributed by atoms with Crippen LogP contribution in [0.2, 0.25) is 0 Å². The van der Waals surface area contributed by atoms with E-state index < -0.39 is 46.9 Å². The molecule has 2 aromatic rings. The van der Waals surface area contributed by atoms with Crippen molar-refractivity contribution in [2.75, 3.05) is 18.1 Å². The minimum atomic E-state index is -4.81. The Kier molecular flexibility index (Phi) is 4.46. The van der Waals surface area contributed by atoms with E-state index in [4.69, 9.17) is 4.74 Å². The number of halogens is 4. The second kappa shape index (κ2) is 6.49. The molecule has 0 aliphatic carbocycles. The van der Waals surface area contributed by atoms with Crippen molar-refractivity contribution in [3.05, 3.63) is 39.9 Å². The standard InChI is InChI=1S/C16H11F4N3O4/c1-22-13(16(18,19)20)6-11(25)15(21-22)8-4-10-12(5-9(8)17)27-7-14(26)23(10)2-3-24/h3-6H,2,7H2,1H3. The number of amides is 1. The van der Waals surface area contributed by atoms with Gasteiger partial charge in [0.2, 0.25) is 5.43 Å². The van der Waals surface area contributed by atoms with E-state index in [-0.39, 0.29) is 18.0 Å². The fraction of sp³-hybridized carbons (Fsp3) is 0.250. The Morgan fingerprint density at radius 3 is 2.59 bits per heavy atom. The normalized spacial score (nSPS) is 14.0. The monoisotopic (exact) mass is 385 g/mol. The Morgan fingerprint density at radius 1 is 1.26 bits per heavy atom. The highest BCUT2D eigenvalue weighted by Gasteiger charge is 2.35. The van der Waals surface area contributed by atoms with Crippen molar-refractivity contribution in [1.82, 2.24) is 9.78 Å². The van der Waals surface area contributed by atoms with Crippen molar-refractivity contribution < 1.29 is 31.9 Å². The van der Waals surface area contributed by atoms with Gasteiger partial charge in [-0.2, -0.15) is 18.3 Å². The zero-order valence-corrected chi connectivity index (χ0v) is 13.7. The molecular weight excluding hydrogens is 374 g/mol. The zero-order chi connectivity index (χ0) is 19.9. The van der Waals surface area contributed by atoms with Gasteiger partial charge in [0.25, 0.3) is 5.91 Å². The van der Waals surface area contributed by atoms with Gasteiger partial charge in [-0.15, -0.1) is 0 Å². The lowest BCUT2D eigenvalue weighted by molar-refractivity contribution is -0.144. The molecule has 0 N–H and O–H groups in total. The molecule has 0 saturated carbocycles. The van der Waals surface area contributed by atoms with Gasteiger partial charge in [-0.1, -0.05) is 0 Å². The summed E-state index contributed by atoms with van der Waals surface area (Å²) in [6.45, 7) is -0.737. The van der Waals surface area contributed by atoms with Gasteiger partial charge in [0.05, 0.1) is 12.2 Å². The molecule has 1 aliphatic rings. The van der Waals surface area contributed by atoms with Gasteiger partial charge < -0.3 is 9.53 Å². The first-order chi connectivity index (χ1) is 12.6. The van der Waals surface area contributed by atoms with Crippen molar-refractivity contribution in [1.29, 1.82) is 0 Å². The van der Waals surface area contributed by atoms with Gasteiger partial charge in [-0.05, 0) is 6.07 Å². The van der Waals surface area contributed by atoms with Crippen LogP contribution in [0.25, 0.3) is 11.3 Å². The molecule has 1 aromatic heterocycles. The third-order valence-corrected chi connectivity index (χ3v) is 3.89. The highest BCUT2D eigenvalue weighted by atomic mass is 19.4. The lowest BCUT2D eigenvalue weighted by atomic mass is 10.1. The second-order valence-corrected chi connectivity index (χ2v) is 5.62. The maximum atomic E-state index is 14.5. The quantitative estimate of drug-likeness (QED) is 0.591. The number of aryl methyl sites for hydroxylation is 1. The average molecular weight is 385 g/mol. The number of benzene rings is 1. The molecule has 1 aromatic carbocycles. The number of anilines is 1. The Morgan fingerprint density at radius 2 is 1.96 bits per heavy atom. The lowest BCUT2D eigenvalue weighted by Crippen LogP contribution is -2.40. The van der Waals surface area contributed by atoms with Gasteiger partial charge in [0, 0.05) is 24.7 Å². The fourth-order valence-electron chi connectivity index (χ4n) is 2.67. The Balaban J connectivity index is 2.19. The van der Waals surface area contributed by atoms with Crippen LogP contribution in [-0.4, -0.2) is 35.1 Å². The van der Waals surface area contributed by atoms with Crippen LogP contribution in [0.15, 0.2) is 23.0 Å². The molecule has 0 fully saturated rings. The van der Waals surface area contributed by atoms with Crippen molar-refractivity contribution in [2.45, 2.75) is 6.18 Å². The maximum Gasteiger partial charge on any atom is 0.433 e. The third kappa shape index (κ3) is 3.27. The van der Waals surface area contributed by atoms with Gasteiger partial charge in [0.1, 0.15) is 29.2 Å². The molecule has 0 unspecified atom stereocenters. The molecule has 0 radical (unpaired) electrons. The van der Waals surface area contributed by atoms with Crippen molar-refractivity contribution in [3.8, 4) is 17.0 Å². The Hall–Kier alpha value is -3.24. The summed E-state index contributed by atoms with van der Waals surface area (Å²) in [6, 6.07) is 2.24. The minimum absolute atomic E-state index is 0.0125. The van der Waals surface area contributed by atoms with Crippen LogP contribution >= 0.6 is 0 Å². The number of hydrogen-bond acceptors (Lipinski definition) is 5. The smallest absolute Gasteiger partial charge is 0.433 e. The van der Waals surface area contributed by atoms with Crippen LogP contribution in [0.1, 0.15) is 5.69 Å². The topological polar surface area (TPSA) is 81.5 Å². The van der Waals surface area contributed by atoms with E-state index in [0.717, 1.165) is 24.1 Å². The highest BCUT2D eigenvalue weighted by Crippen LogP contribution is 2.37. The van der Waals surface area contributed by atoms with E-state index in [1.54, 1.807) is 0 Å². The number of hydrogen-bond donors (Lipinski definition) is 0. The molecule has 11 heteroatoms. The number of carbonyl (C=O) groups excluding carboxylic acids is 2. The molecule has 0 bridgehead atoms. The number of alkyl halides is 3. The first-order valence-corrected chi connectivity index (χ1v) is 7.49. The maximum absolute atomic E-state index is 14.5. The molecule has 0 spiro atoms. The van der Waals surface area contributed by atoms with E-state index in [2.05, 4.69) is 5.10 Å². The summed E-state index contributed by atoms with van der Waals surface area (Å²) in [5.74, 6) is -1.58. The molecule has 3 rings (SSSR count). The van der Waals surface area contributed by atoms with Crippen LogP contribution in [0.4, 0.5) is 23.2 Å². The third-order valence-electron chi connectivity index (χ3n) is 3.89. The van der Waals surface area contributed by atoms with Crippen molar-refractivity contribution in [2.24, 2.45) is 7.05 Å². The number of aromatic nitrogens is 2. The molecule has 0 atom stereocenters. The van der Waals surface area contributed by atoms with Gasteiger partial charge in [-0.3, -0.25) is 19.2 Å². The Labute approximate surface area is 148 Å². The predicted octanol–water partition coefficient (Wildman–Crippen LogP) is 1.53. The van der Waals surface area contributed by atoms with E-state index in [1.807, 2.05) is 0 Å². The lowest BCUT2D eigenvalue weighted by Gasteiger charge is -2.28. The summed E-state index contributed by atoms with van der Waals surface area (Å²) >= 11 is 0. The van der Waals surface area contributed by atoms with E-state index in [9.17, 15) is 31.9 Å².